The van der Waals surface area contributed by atoms with Crippen molar-refractivity contribution in [2.75, 3.05) is 21.0 Å². The molecule has 0 fully saturated rings. The summed E-state index contributed by atoms with van der Waals surface area (Å²) in [6, 6.07) is 13.2. The summed E-state index contributed by atoms with van der Waals surface area (Å²) in [4.78, 5) is 0. The number of fused-ring (bicyclic) bond motifs is 1. The number of allylic oxidation sites excluding steroid dienone is 1. The van der Waals surface area contributed by atoms with Crippen LogP contribution in [0.25, 0.3) is 11.6 Å². The van der Waals surface area contributed by atoms with Crippen LogP contribution in [0.3, 0.4) is 0 Å². The van der Waals surface area contributed by atoms with Crippen molar-refractivity contribution < 1.29 is 18.9 Å². The smallest absolute Gasteiger partial charge is 0.231 e. The number of benzene rings is 2. The number of hydrogen-bond acceptors (Lipinski definition) is 5. The number of rotatable bonds is 4. The Hall–Kier alpha value is -3.13. The normalized spacial score (nSPS) is 12.7. The fourth-order valence-electron chi connectivity index (χ4n) is 2.33. The van der Waals surface area contributed by atoms with Gasteiger partial charge in [-0.1, -0.05) is 12.1 Å². The Bertz CT molecular complexity index is 788. The zero-order valence-corrected chi connectivity index (χ0v) is 12.8. The average molecular weight is 309 g/mol. The molecule has 1 aliphatic heterocycles. The van der Waals surface area contributed by atoms with Crippen molar-refractivity contribution in [1.82, 2.24) is 0 Å². The van der Waals surface area contributed by atoms with Gasteiger partial charge in [-0.05, 0) is 41.5 Å². The van der Waals surface area contributed by atoms with Gasteiger partial charge in [-0.15, -0.1) is 0 Å². The lowest BCUT2D eigenvalue weighted by Gasteiger charge is -2.08. The van der Waals surface area contributed by atoms with Crippen molar-refractivity contribution in [2.45, 2.75) is 0 Å². The van der Waals surface area contributed by atoms with Crippen molar-refractivity contribution in [1.29, 1.82) is 5.26 Å². The molecule has 0 saturated heterocycles. The van der Waals surface area contributed by atoms with Crippen LogP contribution in [0.15, 0.2) is 36.4 Å². The molecule has 0 spiro atoms. The van der Waals surface area contributed by atoms with Crippen molar-refractivity contribution in [3.8, 4) is 29.1 Å². The summed E-state index contributed by atoms with van der Waals surface area (Å²) in [5.41, 5.74) is 2.12. The van der Waals surface area contributed by atoms with Gasteiger partial charge in [0, 0.05) is 0 Å². The van der Waals surface area contributed by atoms with Gasteiger partial charge in [0.2, 0.25) is 12.5 Å². The van der Waals surface area contributed by atoms with Crippen LogP contribution in [0.5, 0.6) is 23.0 Å². The highest BCUT2D eigenvalue weighted by molar-refractivity contribution is 5.90. The molecule has 2 aromatic carbocycles. The molecular weight excluding hydrogens is 294 g/mol. The molecule has 116 valence electrons. The molecule has 0 amide bonds. The highest BCUT2D eigenvalue weighted by Gasteiger charge is 2.21. The van der Waals surface area contributed by atoms with Gasteiger partial charge in [-0.25, -0.2) is 0 Å². The molecule has 5 heteroatoms. The lowest BCUT2D eigenvalue weighted by molar-refractivity contribution is 0.171. The third kappa shape index (κ3) is 2.92. The second-order valence-corrected chi connectivity index (χ2v) is 4.86. The van der Waals surface area contributed by atoms with Crippen LogP contribution in [0.1, 0.15) is 11.1 Å². The zero-order valence-electron chi connectivity index (χ0n) is 12.8. The Balaban J connectivity index is 2.00. The fraction of sp³-hybridized carbons (Fsp3) is 0.167. The molecule has 0 radical (unpaired) electrons. The van der Waals surface area contributed by atoms with Gasteiger partial charge in [-0.3, -0.25) is 0 Å². The number of methoxy groups -OCH3 is 2. The Kier molecular flexibility index (Phi) is 4.07. The molecule has 2 aromatic rings. The molecule has 0 saturated carbocycles. The van der Waals surface area contributed by atoms with E-state index < -0.39 is 0 Å². The van der Waals surface area contributed by atoms with Gasteiger partial charge < -0.3 is 18.9 Å². The summed E-state index contributed by atoms with van der Waals surface area (Å²) in [6.45, 7) is 0.152. The van der Waals surface area contributed by atoms with Crippen LogP contribution < -0.4 is 18.9 Å². The quantitative estimate of drug-likeness (QED) is 0.639. The predicted octanol–water partition coefficient (Wildman–Crippen LogP) is 3.50. The second-order valence-electron chi connectivity index (χ2n) is 4.86. The molecule has 5 nitrogen and oxygen atoms in total. The molecule has 1 aliphatic rings. The van der Waals surface area contributed by atoms with Crippen LogP contribution in [0.2, 0.25) is 0 Å². The molecule has 3 rings (SSSR count). The van der Waals surface area contributed by atoms with E-state index in [2.05, 4.69) is 6.07 Å². The Morgan fingerprint density at radius 2 is 1.91 bits per heavy atom. The van der Waals surface area contributed by atoms with Gasteiger partial charge in [0.1, 0.15) is 5.75 Å². The lowest BCUT2D eigenvalue weighted by Crippen LogP contribution is -1.93. The average Bonchev–Trinajstić information content (AvgIpc) is 3.07. The number of ether oxygens (including phenoxy) is 4. The van der Waals surface area contributed by atoms with Crippen LogP contribution in [0.4, 0.5) is 0 Å². The fourth-order valence-corrected chi connectivity index (χ4v) is 2.33. The summed E-state index contributed by atoms with van der Waals surface area (Å²) in [5.74, 6) is 2.46. The maximum Gasteiger partial charge on any atom is 0.231 e. The monoisotopic (exact) mass is 309 g/mol. The van der Waals surface area contributed by atoms with Crippen LogP contribution in [0, 0.1) is 11.3 Å². The number of hydrogen-bond donors (Lipinski definition) is 0. The Labute approximate surface area is 134 Å². The third-order valence-corrected chi connectivity index (χ3v) is 3.52. The van der Waals surface area contributed by atoms with E-state index in [9.17, 15) is 5.26 Å². The molecule has 0 aliphatic carbocycles. The van der Waals surface area contributed by atoms with Gasteiger partial charge in [-0.2, -0.15) is 5.26 Å². The van der Waals surface area contributed by atoms with E-state index in [1.54, 1.807) is 32.4 Å². The van der Waals surface area contributed by atoms with E-state index in [-0.39, 0.29) is 6.79 Å². The first-order valence-corrected chi connectivity index (χ1v) is 6.99. The van der Waals surface area contributed by atoms with E-state index >= 15 is 0 Å². The van der Waals surface area contributed by atoms with Crippen molar-refractivity contribution in [2.24, 2.45) is 0 Å². The van der Waals surface area contributed by atoms with Crippen LogP contribution in [-0.2, 0) is 0 Å². The Morgan fingerprint density at radius 3 is 2.57 bits per heavy atom. The summed E-state index contributed by atoms with van der Waals surface area (Å²) >= 11 is 0. The minimum atomic E-state index is 0.152. The SMILES string of the molecule is COc1ccc(/C=C(/C#N)c2cc(OC)c3c(c2)OCO3)cc1. The van der Waals surface area contributed by atoms with Gasteiger partial charge in [0.05, 0.1) is 25.9 Å². The third-order valence-electron chi connectivity index (χ3n) is 3.52. The van der Waals surface area contributed by atoms with Crippen molar-refractivity contribution in [3.63, 3.8) is 0 Å². The molecule has 0 bridgehead atoms. The number of nitriles is 1. The summed E-state index contributed by atoms with van der Waals surface area (Å²) in [5, 5.41) is 9.50. The van der Waals surface area contributed by atoms with E-state index in [1.165, 1.54) is 0 Å². The molecule has 0 aromatic heterocycles. The summed E-state index contributed by atoms with van der Waals surface area (Å²) in [7, 11) is 3.17. The van der Waals surface area contributed by atoms with Gasteiger partial charge in [0.15, 0.2) is 11.5 Å². The number of nitrogens with zero attached hydrogens (tertiary/aromatic N) is 1. The van der Waals surface area contributed by atoms with E-state index in [1.807, 2.05) is 24.3 Å². The molecule has 23 heavy (non-hydrogen) atoms. The summed E-state index contributed by atoms with van der Waals surface area (Å²) < 4.78 is 21.2. The highest BCUT2D eigenvalue weighted by atomic mass is 16.7. The topological polar surface area (TPSA) is 60.7 Å². The van der Waals surface area contributed by atoms with Crippen molar-refractivity contribution >= 4 is 11.6 Å². The standard InChI is InChI=1S/C18H15NO4/c1-20-15-5-3-12(4-6-15)7-14(10-19)13-8-16(21-2)18-17(9-13)22-11-23-18/h3-9H,11H2,1-2H3/b14-7-. The first-order chi connectivity index (χ1) is 11.2. The minimum absolute atomic E-state index is 0.152. The maximum absolute atomic E-state index is 9.50. The molecule has 1 heterocycles. The largest absolute Gasteiger partial charge is 0.497 e. The van der Waals surface area contributed by atoms with Crippen molar-refractivity contribution in [3.05, 3.63) is 47.5 Å². The maximum atomic E-state index is 9.50. The van der Waals surface area contributed by atoms with Gasteiger partial charge >= 0.3 is 0 Å². The van der Waals surface area contributed by atoms with Gasteiger partial charge in [0.25, 0.3) is 0 Å². The van der Waals surface area contributed by atoms with Crippen LogP contribution in [-0.4, -0.2) is 21.0 Å². The first-order valence-electron chi connectivity index (χ1n) is 6.99. The highest BCUT2D eigenvalue weighted by Crippen LogP contribution is 2.43. The van der Waals surface area contributed by atoms with E-state index in [0.29, 0.717) is 28.4 Å². The molecule has 0 N–H and O–H groups in total. The molecule has 0 unspecified atom stereocenters. The lowest BCUT2D eigenvalue weighted by atomic mass is 10.0. The second kappa shape index (κ2) is 6.32. The first kappa shape index (κ1) is 14.8. The van der Waals surface area contributed by atoms with Crippen LogP contribution >= 0.6 is 0 Å². The predicted molar refractivity (Wildman–Crippen MR) is 85.6 cm³/mol. The molecule has 0 atom stereocenters. The molecular formula is C18H15NO4. The van der Waals surface area contributed by atoms with E-state index in [0.717, 1.165) is 11.3 Å². The Morgan fingerprint density at radius 1 is 1.13 bits per heavy atom. The minimum Gasteiger partial charge on any atom is -0.497 e. The van der Waals surface area contributed by atoms with E-state index in [4.69, 9.17) is 18.9 Å². The summed E-state index contributed by atoms with van der Waals surface area (Å²) in [6.07, 6.45) is 1.80. The zero-order chi connectivity index (χ0) is 16.2.